The zero-order chi connectivity index (χ0) is 13.7. The van der Waals surface area contributed by atoms with E-state index in [-0.39, 0.29) is 18.1 Å². The first-order valence-electron chi connectivity index (χ1n) is 5.98. The minimum Gasteiger partial charge on any atom is -0.384 e. The van der Waals surface area contributed by atoms with Crippen LogP contribution in [0.4, 0.5) is 4.39 Å². The number of hydrogen-bond donors (Lipinski definition) is 1. The molecule has 1 aliphatic heterocycles. The molecule has 0 unspecified atom stereocenters. The number of rotatable bonds is 1. The molecular formula is C14H14FNO2S. The quantitative estimate of drug-likeness (QED) is 0.789. The van der Waals surface area contributed by atoms with Gasteiger partial charge in [-0.3, -0.25) is 4.79 Å². The van der Waals surface area contributed by atoms with Gasteiger partial charge in [0, 0.05) is 30.2 Å². The molecular weight excluding hydrogens is 265 g/mol. The second-order valence-corrected chi connectivity index (χ2v) is 5.28. The molecule has 2 rings (SSSR count). The van der Waals surface area contributed by atoms with Crippen LogP contribution in [0.25, 0.3) is 0 Å². The third-order valence-electron chi connectivity index (χ3n) is 2.82. The Bertz CT molecular complexity index is 530. The van der Waals surface area contributed by atoms with Crippen LogP contribution in [0.5, 0.6) is 0 Å². The van der Waals surface area contributed by atoms with Crippen LogP contribution >= 0.6 is 11.8 Å². The lowest BCUT2D eigenvalue weighted by Crippen LogP contribution is -2.37. The number of carbonyl (C=O) groups excluding carboxylic acids is 1. The lowest BCUT2D eigenvalue weighted by atomic mass is 10.1. The minimum absolute atomic E-state index is 0.138. The van der Waals surface area contributed by atoms with Crippen molar-refractivity contribution in [1.82, 2.24) is 4.90 Å². The van der Waals surface area contributed by atoms with Crippen molar-refractivity contribution in [2.45, 2.75) is 0 Å². The van der Waals surface area contributed by atoms with Gasteiger partial charge in [0.15, 0.2) is 0 Å². The highest BCUT2D eigenvalue weighted by Gasteiger charge is 2.19. The SMILES string of the molecule is O=C(c1ccc(C#CCO)c(F)c1)N1CCSCC1. The summed E-state index contributed by atoms with van der Waals surface area (Å²) in [6.45, 7) is 1.10. The highest BCUT2D eigenvalue weighted by molar-refractivity contribution is 7.99. The van der Waals surface area contributed by atoms with Crippen molar-refractivity contribution < 1.29 is 14.3 Å². The van der Waals surface area contributed by atoms with Crippen molar-refractivity contribution in [3.05, 3.63) is 35.1 Å². The molecule has 0 aliphatic carbocycles. The summed E-state index contributed by atoms with van der Waals surface area (Å²) in [6, 6.07) is 4.27. The first-order chi connectivity index (χ1) is 9.22. The average molecular weight is 279 g/mol. The van der Waals surface area contributed by atoms with Crippen molar-refractivity contribution in [2.75, 3.05) is 31.2 Å². The summed E-state index contributed by atoms with van der Waals surface area (Å²) in [5.41, 5.74) is 0.541. The van der Waals surface area contributed by atoms with Gasteiger partial charge in [-0.2, -0.15) is 11.8 Å². The van der Waals surface area contributed by atoms with Crippen LogP contribution in [-0.4, -0.2) is 47.1 Å². The van der Waals surface area contributed by atoms with E-state index in [1.165, 1.54) is 12.1 Å². The van der Waals surface area contributed by atoms with E-state index in [9.17, 15) is 9.18 Å². The van der Waals surface area contributed by atoms with Gasteiger partial charge in [-0.05, 0) is 18.2 Å². The Hall–Kier alpha value is -1.51. The fourth-order valence-corrected chi connectivity index (χ4v) is 2.74. The number of carbonyl (C=O) groups is 1. The predicted molar refractivity (Wildman–Crippen MR) is 73.6 cm³/mol. The largest absolute Gasteiger partial charge is 0.384 e. The molecule has 100 valence electrons. The fourth-order valence-electron chi connectivity index (χ4n) is 1.83. The molecule has 1 heterocycles. The van der Waals surface area contributed by atoms with E-state index >= 15 is 0 Å². The minimum atomic E-state index is -0.529. The van der Waals surface area contributed by atoms with Crippen molar-refractivity contribution in [2.24, 2.45) is 0 Å². The molecule has 0 radical (unpaired) electrons. The Morgan fingerprint density at radius 1 is 1.42 bits per heavy atom. The number of amides is 1. The van der Waals surface area contributed by atoms with E-state index in [0.29, 0.717) is 18.7 Å². The summed E-state index contributed by atoms with van der Waals surface area (Å²) in [6.07, 6.45) is 0. The second kappa shape index (κ2) is 6.60. The molecule has 0 aromatic heterocycles. The van der Waals surface area contributed by atoms with Gasteiger partial charge >= 0.3 is 0 Å². The molecule has 1 saturated heterocycles. The number of aliphatic hydroxyl groups is 1. The molecule has 5 heteroatoms. The van der Waals surface area contributed by atoms with Crippen molar-refractivity contribution in [3.63, 3.8) is 0 Å². The van der Waals surface area contributed by atoms with E-state index in [4.69, 9.17) is 5.11 Å². The molecule has 0 saturated carbocycles. The maximum Gasteiger partial charge on any atom is 0.254 e. The molecule has 1 aliphatic rings. The van der Waals surface area contributed by atoms with Gasteiger partial charge < -0.3 is 10.0 Å². The molecule has 0 atom stereocenters. The van der Waals surface area contributed by atoms with Gasteiger partial charge in [-0.1, -0.05) is 11.8 Å². The summed E-state index contributed by atoms with van der Waals surface area (Å²) in [5.74, 6) is 6.07. The van der Waals surface area contributed by atoms with E-state index in [2.05, 4.69) is 11.8 Å². The first kappa shape index (κ1) is 13.9. The average Bonchev–Trinajstić information content (AvgIpc) is 2.46. The van der Waals surface area contributed by atoms with Crippen molar-refractivity contribution >= 4 is 17.7 Å². The monoisotopic (exact) mass is 279 g/mol. The molecule has 0 spiro atoms. The standard InChI is InChI=1S/C14H14FNO2S/c15-13-10-12(4-3-11(13)2-1-7-17)14(18)16-5-8-19-9-6-16/h3-4,10,17H,5-9H2. The topological polar surface area (TPSA) is 40.5 Å². The summed E-state index contributed by atoms with van der Waals surface area (Å²) in [7, 11) is 0. The third-order valence-corrected chi connectivity index (χ3v) is 3.76. The summed E-state index contributed by atoms with van der Waals surface area (Å²) >= 11 is 1.82. The Labute approximate surface area is 115 Å². The zero-order valence-electron chi connectivity index (χ0n) is 10.4. The van der Waals surface area contributed by atoms with Gasteiger partial charge in [0.2, 0.25) is 0 Å². The Morgan fingerprint density at radius 2 is 2.16 bits per heavy atom. The number of nitrogens with zero attached hydrogens (tertiary/aromatic N) is 1. The smallest absolute Gasteiger partial charge is 0.254 e. The molecule has 1 fully saturated rings. The number of halogens is 1. The van der Waals surface area contributed by atoms with Gasteiger partial charge in [0.25, 0.3) is 5.91 Å². The number of benzene rings is 1. The van der Waals surface area contributed by atoms with Crippen LogP contribution in [0.3, 0.4) is 0 Å². The first-order valence-corrected chi connectivity index (χ1v) is 7.14. The lowest BCUT2D eigenvalue weighted by Gasteiger charge is -2.26. The molecule has 19 heavy (non-hydrogen) atoms. The van der Waals surface area contributed by atoms with E-state index < -0.39 is 5.82 Å². The normalized spacial score (nSPS) is 14.7. The maximum absolute atomic E-state index is 13.7. The van der Waals surface area contributed by atoms with Crippen molar-refractivity contribution in [3.8, 4) is 11.8 Å². The van der Waals surface area contributed by atoms with Gasteiger partial charge in [0.1, 0.15) is 12.4 Å². The van der Waals surface area contributed by atoms with Gasteiger partial charge in [-0.15, -0.1) is 0 Å². The Kier molecular flexibility index (Phi) is 4.83. The molecule has 1 amide bonds. The molecule has 1 N–H and O–H groups in total. The fraction of sp³-hybridized carbons (Fsp3) is 0.357. The van der Waals surface area contributed by atoms with Gasteiger partial charge in [0.05, 0.1) is 5.56 Å². The highest BCUT2D eigenvalue weighted by Crippen LogP contribution is 2.15. The van der Waals surface area contributed by atoms with Crippen LogP contribution in [0.1, 0.15) is 15.9 Å². The number of thioether (sulfide) groups is 1. The summed E-state index contributed by atoms with van der Waals surface area (Å²) in [4.78, 5) is 13.9. The van der Waals surface area contributed by atoms with Crippen LogP contribution in [-0.2, 0) is 0 Å². The van der Waals surface area contributed by atoms with Gasteiger partial charge in [-0.25, -0.2) is 4.39 Å². The Morgan fingerprint density at radius 3 is 2.79 bits per heavy atom. The van der Waals surface area contributed by atoms with Crippen LogP contribution in [0, 0.1) is 17.7 Å². The van der Waals surface area contributed by atoms with Crippen LogP contribution in [0.2, 0.25) is 0 Å². The van der Waals surface area contributed by atoms with Crippen molar-refractivity contribution in [1.29, 1.82) is 0 Å². The van der Waals surface area contributed by atoms with E-state index in [1.54, 1.807) is 11.0 Å². The van der Waals surface area contributed by atoms with E-state index in [0.717, 1.165) is 11.5 Å². The second-order valence-electron chi connectivity index (χ2n) is 4.06. The molecule has 1 aromatic carbocycles. The van der Waals surface area contributed by atoms with Crippen LogP contribution < -0.4 is 0 Å². The predicted octanol–water partition coefficient (Wildman–Crippen LogP) is 1.36. The third kappa shape index (κ3) is 3.49. The van der Waals surface area contributed by atoms with Crippen LogP contribution in [0.15, 0.2) is 18.2 Å². The summed E-state index contributed by atoms with van der Waals surface area (Å²) in [5, 5.41) is 8.57. The number of aliphatic hydroxyl groups excluding tert-OH is 1. The zero-order valence-corrected chi connectivity index (χ0v) is 11.2. The lowest BCUT2D eigenvalue weighted by molar-refractivity contribution is 0.0772. The summed E-state index contributed by atoms with van der Waals surface area (Å²) < 4.78 is 13.7. The highest BCUT2D eigenvalue weighted by atomic mass is 32.2. The maximum atomic E-state index is 13.7. The number of hydrogen-bond acceptors (Lipinski definition) is 3. The van der Waals surface area contributed by atoms with E-state index in [1.807, 2.05) is 11.8 Å². The molecule has 1 aromatic rings. The molecule has 3 nitrogen and oxygen atoms in total. The molecule has 0 bridgehead atoms. The Balaban J connectivity index is 2.16.